The Balaban J connectivity index is 1.41. The number of anilines is 1. The zero-order chi connectivity index (χ0) is 23.4. The van der Waals surface area contributed by atoms with Crippen molar-refractivity contribution in [3.05, 3.63) is 77.1 Å². The molecule has 33 heavy (non-hydrogen) atoms. The molecule has 1 aliphatic heterocycles. The minimum Gasteiger partial charge on any atom is -0.494 e. The molecule has 9 heteroatoms. The average Bonchev–Trinajstić information content (AvgIpc) is 3.36. The number of furan rings is 1. The van der Waals surface area contributed by atoms with Gasteiger partial charge in [0.05, 0.1) is 11.5 Å². The van der Waals surface area contributed by atoms with Crippen LogP contribution in [0.15, 0.2) is 70.0 Å². The summed E-state index contributed by atoms with van der Waals surface area (Å²) in [6, 6.07) is 16.0. The third-order valence-electron chi connectivity index (χ3n) is 4.63. The molecule has 7 nitrogen and oxygen atoms in total. The van der Waals surface area contributed by atoms with Gasteiger partial charge in [-0.25, -0.2) is 4.39 Å². The van der Waals surface area contributed by atoms with Crippen LogP contribution in [-0.2, 0) is 9.59 Å². The monoisotopic (exact) mass is 466 g/mol. The van der Waals surface area contributed by atoms with Crippen molar-refractivity contribution in [1.29, 1.82) is 0 Å². The van der Waals surface area contributed by atoms with Gasteiger partial charge in [-0.05, 0) is 67.2 Å². The van der Waals surface area contributed by atoms with Crippen molar-refractivity contribution < 1.29 is 27.9 Å². The molecule has 3 aromatic rings. The van der Waals surface area contributed by atoms with E-state index >= 15 is 0 Å². The smallest absolute Gasteiger partial charge is 0.294 e. The first-order valence-electron chi connectivity index (χ1n) is 10.1. The summed E-state index contributed by atoms with van der Waals surface area (Å²) < 4.78 is 24.4. The average molecular weight is 466 g/mol. The molecule has 0 bridgehead atoms. The molecular weight excluding hydrogens is 447 g/mol. The molecule has 0 spiro atoms. The van der Waals surface area contributed by atoms with E-state index in [1.165, 1.54) is 18.2 Å². The highest BCUT2D eigenvalue weighted by molar-refractivity contribution is 8.18. The minimum atomic E-state index is -0.587. The number of thioether (sulfide) groups is 1. The zero-order valence-corrected chi connectivity index (χ0v) is 18.4. The van der Waals surface area contributed by atoms with Crippen molar-refractivity contribution in [3.63, 3.8) is 0 Å². The number of nitrogens with zero attached hydrogens (tertiary/aromatic N) is 1. The van der Waals surface area contributed by atoms with E-state index < -0.39 is 29.4 Å². The van der Waals surface area contributed by atoms with Crippen LogP contribution in [0.25, 0.3) is 17.4 Å². The van der Waals surface area contributed by atoms with Crippen LogP contribution in [0.1, 0.15) is 12.7 Å². The number of imide groups is 1. The van der Waals surface area contributed by atoms with Gasteiger partial charge in [0, 0.05) is 17.3 Å². The lowest BCUT2D eigenvalue weighted by atomic mass is 10.2. The van der Waals surface area contributed by atoms with Gasteiger partial charge in [-0.2, -0.15) is 0 Å². The van der Waals surface area contributed by atoms with Crippen LogP contribution in [0.3, 0.4) is 0 Å². The van der Waals surface area contributed by atoms with E-state index in [0.717, 1.165) is 16.7 Å². The summed E-state index contributed by atoms with van der Waals surface area (Å²) in [7, 11) is 0. The Morgan fingerprint density at radius 2 is 1.94 bits per heavy atom. The van der Waals surface area contributed by atoms with E-state index in [-0.39, 0.29) is 4.91 Å². The first kappa shape index (κ1) is 22.3. The number of hydrogen-bond acceptors (Lipinski definition) is 6. The fourth-order valence-electron chi connectivity index (χ4n) is 3.14. The molecule has 2 aromatic carbocycles. The number of rotatable bonds is 7. The van der Waals surface area contributed by atoms with Gasteiger partial charge in [-0.3, -0.25) is 19.3 Å². The van der Waals surface area contributed by atoms with Crippen LogP contribution in [0.2, 0.25) is 0 Å². The molecule has 0 radical (unpaired) electrons. The molecule has 4 rings (SSSR count). The van der Waals surface area contributed by atoms with Gasteiger partial charge in [0.15, 0.2) is 0 Å². The van der Waals surface area contributed by atoms with Gasteiger partial charge < -0.3 is 14.5 Å². The third-order valence-corrected chi connectivity index (χ3v) is 5.54. The molecule has 1 N–H and O–H groups in total. The maximum atomic E-state index is 13.4. The predicted molar refractivity (Wildman–Crippen MR) is 123 cm³/mol. The lowest BCUT2D eigenvalue weighted by Gasteiger charge is -2.12. The van der Waals surface area contributed by atoms with Gasteiger partial charge in [-0.1, -0.05) is 12.1 Å². The first-order valence-corrected chi connectivity index (χ1v) is 10.9. The number of hydrogen-bond donors (Lipinski definition) is 1. The predicted octanol–water partition coefficient (Wildman–Crippen LogP) is 5.16. The number of carbonyl (C=O) groups excluding carboxylic acids is 3. The topological polar surface area (TPSA) is 88.8 Å². The Labute approximate surface area is 193 Å². The fourth-order valence-corrected chi connectivity index (χ4v) is 3.96. The van der Waals surface area contributed by atoms with Gasteiger partial charge in [0.2, 0.25) is 5.91 Å². The third kappa shape index (κ3) is 5.32. The van der Waals surface area contributed by atoms with Crippen molar-refractivity contribution in [3.8, 4) is 17.1 Å². The van der Waals surface area contributed by atoms with Crippen LogP contribution < -0.4 is 10.1 Å². The molecular formula is C24H19FN2O5S. The second kappa shape index (κ2) is 9.74. The maximum absolute atomic E-state index is 13.4. The summed E-state index contributed by atoms with van der Waals surface area (Å²) >= 11 is 0.722. The molecule has 0 aliphatic carbocycles. The Morgan fingerprint density at radius 3 is 2.67 bits per heavy atom. The standard InChI is InChI=1S/C24H19FN2O5S/c1-2-31-18-8-6-17(7-9-18)26-22(28)14-27-23(29)21(33-24(27)30)13-19-10-11-20(32-19)15-4-3-5-16(25)12-15/h3-13H,2,14H2,1H3,(H,26,28). The summed E-state index contributed by atoms with van der Waals surface area (Å²) in [6.45, 7) is 1.99. The van der Waals surface area contributed by atoms with E-state index in [9.17, 15) is 18.8 Å². The Hall–Kier alpha value is -3.85. The SMILES string of the molecule is CCOc1ccc(NC(=O)CN2C(=O)SC(=Cc3ccc(-c4cccc(F)c4)o3)C2=O)cc1. The second-order valence-electron chi connectivity index (χ2n) is 6.99. The van der Waals surface area contributed by atoms with Crippen molar-refractivity contribution >= 4 is 40.6 Å². The van der Waals surface area contributed by atoms with Crippen LogP contribution in [-0.4, -0.2) is 35.1 Å². The van der Waals surface area contributed by atoms with E-state index in [0.29, 0.717) is 35.1 Å². The van der Waals surface area contributed by atoms with Crippen LogP contribution in [0.5, 0.6) is 5.75 Å². The number of halogens is 1. The number of ether oxygens (including phenoxy) is 1. The quantitative estimate of drug-likeness (QED) is 0.484. The summed E-state index contributed by atoms with van der Waals surface area (Å²) in [5.74, 6) is -0.0573. The molecule has 0 unspecified atom stereocenters. The molecule has 1 aromatic heterocycles. The van der Waals surface area contributed by atoms with E-state index in [1.807, 2.05) is 6.92 Å². The lowest BCUT2D eigenvalue weighted by molar-refractivity contribution is -0.127. The molecule has 0 atom stereocenters. The fraction of sp³-hybridized carbons (Fsp3) is 0.125. The van der Waals surface area contributed by atoms with E-state index in [4.69, 9.17) is 9.15 Å². The molecule has 1 saturated heterocycles. The van der Waals surface area contributed by atoms with Crippen molar-refractivity contribution in [1.82, 2.24) is 4.90 Å². The number of benzene rings is 2. The lowest BCUT2D eigenvalue weighted by Crippen LogP contribution is -2.36. The summed E-state index contributed by atoms with van der Waals surface area (Å²) in [5.41, 5.74) is 1.07. The maximum Gasteiger partial charge on any atom is 0.294 e. The van der Waals surface area contributed by atoms with Gasteiger partial charge in [0.1, 0.15) is 29.6 Å². The molecule has 1 fully saturated rings. The van der Waals surface area contributed by atoms with Crippen molar-refractivity contribution in [2.24, 2.45) is 0 Å². The Kier molecular flexibility index (Phi) is 6.60. The second-order valence-corrected chi connectivity index (χ2v) is 7.98. The first-order chi connectivity index (χ1) is 15.9. The van der Waals surface area contributed by atoms with E-state index in [1.54, 1.807) is 48.5 Å². The Bertz CT molecular complexity index is 1240. The van der Waals surface area contributed by atoms with Crippen LogP contribution in [0.4, 0.5) is 14.9 Å². The van der Waals surface area contributed by atoms with Gasteiger partial charge >= 0.3 is 0 Å². The normalized spacial score (nSPS) is 14.7. The number of nitrogens with one attached hydrogen (secondary N) is 1. The number of amides is 3. The van der Waals surface area contributed by atoms with Crippen LogP contribution in [0, 0.1) is 5.82 Å². The summed E-state index contributed by atoms with van der Waals surface area (Å²) in [5, 5.41) is 2.10. The summed E-state index contributed by atoms with van der Waals surface area (Å²) in [4.78, 5) is 38.3. The molecule has 0 saturated carbocycles. The highest BCUT2D eigenvalue weighted by Gasteiger charge is 2.36. The van der Waals surface area contributed by atoms with E-state index in [2.05, 4.69) is 5.32 Å². The molecule has 3 amide bonds. The molecule has 2 heterocycles. The van der Waals surface area contributed by atoms with Crippen LogP contribution >= 0.6 is 11.8 Å². The van der Waals surface area contributed by atoms with Crippen molar-refractivity contribution in [2.45, 2.75) is 6.92 Å². The van der Waals surface area contributed by atoms with Gasteiger partial charge in [0.25, 0.3) is 11.1 Å². The highest BCUT2D eigenvalue weighted by atomic mass is 32.2. The highest BCUT2D eigenvalue weighted by Crippen LogP contribution is 2.33. The van der Waals surface area contributed by atoms with Gasteiger partial charge in [-0.15, -0.1) is 0 Å². The molecule has 1 aliphatic rings. The Morgan fingerprint density at radius 1 is 1.15 bits per heavy atom. The summed E-state index contributed by atoms with van der Waals surface area (Å²) in [6.07, 6.45) is 1.43. The largest absolute Gasteiger partial charge is 0.494 e. The minimum absolute atomic E-state index is 0.133. The van der Waals surface area contributed by atoms with Crippen molar-refractivity contribution in [2.75, 3.05) is 18.5 Å². The molecule has 168 valence electrons. The number of carbonyl (C=O) groups is 3. The zero-order valence-electron chi connectivity index (χ0n) is 17.5.